The topological polar surface area (TPSA) is 78.4 Å². The third-order valence-corrected chi connectivity index (χ3v) is 4.84. The number of halogens is 3. The van der Waals surface area contributed by atoms with Gasteiger partial charge in [-0.05, 0) is 44.0 Å². The van der Waals surface area contributed by atoms with E-state index in [0.717, 1.165) is 32.7 Å². The van der Waals surface area contributed by atoms with Gasteiger partial charge in [0.2, 0.25) is 0 Å². The van der Waals surface area contributed by atoms with Crippen LogP contribution in [0.15, 0.2) is 29.3 Å². The average Bonchev–Trinajstić information content (AvgIpc) is 3.15. The molecule has 7 nitrogen and oxygen atoms in total. The summed E-state index contributed by atoms with van der Waals surface area (Å²) in [5, 5.41) is 16.9. The van der Waals surface area contributed by atoms with Crippen molar-refractivity contribution in [3.05, 3.63) is 29.8 Å². The molecule has 1 aromatic carbocycles. The van der Waals surface area contributed by atoms with E-state index in [-0.39, 0.29) is 36.3 Å². The molecule has 1 aliphatic rings. The SMILES string of the molecule is CCNC(=NCC(O)c1ccc(OC(F)F)cc1)NCC1CCCN1CCOC.I. The van der Waals surface area contributed by atoms with E-state index < -0.39 is 12.7 Å². The van der Waals surface area contributed by atoms with Crippen LogP contribution in [-0.4, -0.2) is 75.1 Å². The number of aliphatic hydroxyl groups excluding tert-OH is 1. The van der Waals surface area contributed by atoms with Crippen molar-refractivity contribution in [1.82, 2.24) is 15.5 Å². The summed E-state index contributed by atoms with van der Waals surface area (Å²) in [5.74, 6) is 0.701. The molecular formula is C20H33F2IN4O3. The van der Waals surface area contributed by atoms with E-state index in [1.165, 1.54) is 18.6 Å². The maximum atomic E-state index is 12.2. The Hall–Kier alpha value is -1.24. The summed E-state index contributed by atoms with van der Waals surface area (Å²) in [6.45, 7) is 3.46. The van der Waals surface area contributed by atoms with Crippen molar-refractivity contribution in [2.45, 2.75) is 38.5 Å². The third-order valence-electron chi connectivity index (χ3n) is 4.84. The molecule has 1 aromatic rings. The van der Waals surface area contributed by atoms with Gasteiger partial charge in [-0.1, -0.05) is 12.1 Å². The number of alkyl halides is 2. The molecule has 0 amide bonds. The molecule has 1 fully saturated rings. The van der Waals surface area contributed by atoms with Crippen LogP contribution in [0.25, 0.3) is 0 Å². The number of nitrogens with zero attached hydrogens (tertiary/aromatic N) is 2. The molecule has 0 aromatic heterocycles. The lowest BCUT2D eigenvalue weighted by Gasteiger charge is -2.25. The molecule has 0 radical (unpaired) electrons. The fraction of sp³-hybridized carbons (Fsp3) is 0.650. The van der Waals surface area contributed by atoms with Gasteiger partial charge in [0, 0.05) is 32.8 Å². The molecule has 2 rings (SSSR count). The first-order chi connectivity index (χ1) is 14.0. The molecule has 0 aliphatic carbocycles. The highest BCUT2D eigenvalue weighted by atomic mass is 127. The van der Waals surface area contributed by atoms with Gasteiger partial charge < -0.3 is 25.2 Å². The number of rotatable bonds is 11. The maximum absolute atomic E-state index is 12.2. The third kappa shape index (κ3) is 9.27. The second kappa shape index (κ2) is 14.7. The average molecular weight is 542 g/mol. The van der Waals surface area contributed by atoms with Crippen LogP contribution in [0.2, 0.25) is 0 Å². The summed E-state index contributed by atoms with van der Waals surface area (Å²) in [4.78, 5) is 6.87. The number of aliphatic hydroxyl groups is 1. The number of methoxy groups -OCH3 is 1. The summed E-state index contributed by atoms with van der Waals surface area (Å²) >= 11 is 0. The fourth-order valence-electron chi connectivity index (χ4n) is 3.34. The van der Waals surface area contributed by atoms with Crippen molar-refractivity contribution >= 4 is 29.9 Å². The van der Waals surface area contributed by atoms with Crippen LogP contribution < -0.4 is 15.4 Å². The molecule has 3 N–H and O–H groups in total. The van der Waals surface area contributed by atoms with E-state index in [2.05, 4.69) is 25.3 Å². The molecule has 1 aliphatic heterocycles. The number of nitrogens with one attached hydrogen (secondary N) is 2. The maximum Gasteiger partial charge on any atom is 0.387 e. The van der Waals surface area contributed by atoms with Gasteiger partial charge in [0.25, 0.3) is 0 Å². The van der Waals surface area contributed by atoms with Gasteiger partial charge in [-0.3, -0.25) is 9.89 Å². The summed E-state index contributed by atoms with van der Waals surface area (Å²) < 4.78 is 33.9. The van der Waals surface area contributed by atoms with Gasteiger partial charge in [-0.15, -0.1) is 24.0 Å². The first-order valence-electron chi connectivity index (χ1n) is 10.0. The standard InChI is InChI=1S/C20H32F2N4O3.HI/c1-3-23-20(24-13-16-5-4-10-26(16)11-12-28-2)25-14-18(27)15-6-8-17(9-7-15)29-19(21)22;/h6-9,16,18-19,27H,3-5,10-14H2,1-2H3,(H2,23,24,25);1H. The van der Waals surface area contributed by atoms with Crippen molar-refractivity contribution in [3.63, 3.8) is 0 Å². The van der Waals surface area contributed by atoms with Crippen LogP contribution in [0.4, 0.5) is 8.78 Å². The molecule has 2 unspecified atom stereocenters. The smallest absolute Gasteiger partial charge is 0.387 e. The number of benzene rings is 1. The van der Waals surface area contributed by atoms with Crippen LogP contribution in [0.3, 0.4) is 0 Å². The second-order valence-electron chi connectivity index (χ2n) is 6.89. The Morgan fingerprint density at radius 3 is 2.67 bits per heavy atom. The summed E-state index contributed by atoms with van der Waals surface area (Å²) in [6.07, 6.45) is 1.47. The molecule has 30 heavy (non-hydrogen) atoms. The Morgan fingerprint density at radius 2 is 2.03 bits per heavy atom. The van der Waals surface area contributed by atoms with Crippen molar-refractivity contribution in [1.29, 1.82) is 0 Å². The van der Waals surface area contributed by atoms with Gasteiger partial charge in [-0.2, -0.15) is 8.78 Å². The Balaban J connectivity index is 0.00000450. The van der Waals surface area contributed by atoms with E-state index in [4.69, 9.17) is 4.74 Å². The molecule has 1 heterocycles. The predicted octanol–water partition coefficient (Wildman–Crippen LogP) is 2.61. The van der Waals surface area contributed by atoms with Gasteiger partial charge in [-0.25, -0.2) is 0 Å². The molecular weight excluding hydrogens is 509 g/mol. The lowest BCUT2D eigenvalue weighted by atomic mass is 10.1. The largest absolute Gasteiger partial charge is 0.435 e. The van der Waals surface area contributed by atoms with Gasteiger partial charge >= 0.3 is 6.61 Å². The molecule has 2 atom stereocenters. The monoisotopic (exact) mass is 542 g/mol. The fourth-order valence-corrected chi connectivity index (χ4v) is 3.34. The Kier molecular flexibility index (Phi) is 13.1. The minimum Gasteiger partial charge on any atom is -0.435 e. The van der Waals surface area contributed by atoms with Gasteiger partial charge in [0.1, 0.15) is 5.75 Å². The van der Waals surface area contributed by atoms with E-state index in [0.29, 0.717) is 24.1 Å². The minimum absolute atomic E-state index is 0. The lowest BCUT2D eigenvalue weighted by Crippen LogP contribution is -2.45. The molecule has 1 saturated heterocycles. The highest BCUT2D eigenvalue weighted by molar-refractivity contribution is 14.0. The number of ether oxygens (including phenoxy) is 2. The minimum atomic E-state index is -2.87. The number of guanidine groups is 1. The lowest BCUT2D eigenvalue weighted by molar-refractivity contribution is -0.0498. The van der Waals surface area contributed by atoms with Crippen molar-refractivity contribution in [3.8, 4) is 5.75 Å². The van der Waals surface area contributed by atoms with Gasteiger partial charge in [0.05, 0.1) is 19.3 Å². The van der Waals surface area contributed by atoms with E-state index in [1.54, 1.807) is 19.2 Å². The summed E-state index contributed by atoms with van der Waals surface area (Å²) in [7, 11) is 1.71. The van der Waals surface area contributed by atoms with E-state index in [1.807, 2.05) is 6.92 Å². The van der Waals surface area contributed by atoms with Crippen molar-refractivity contribution < 1.29 is 23.4 Å². The van der Waals surface area contributed by atoms with Crippen molar-refractivity contribution in [2.75, 3.05) is 46.4 Å². The quantitative estimate of drug-likeness (QED) is 0.227. The van der Waals surface area contributed by atoms with Crippen LogP contribution in [0, 0.1) is 0 Å². The Bertz CT molecular complexity index is 623. The summed E-state index contributed by atoms with van der Waals surface area (Å²) in [5.41, 5.74) is 0.591. The van der Waals surface area contributed by atoms with Crippen LogP contribution in [0.1, 0.15) is 31.4 Å². The first-order valence-corrected chi connectivity index (χ1v) is 10.0. The molecule has 0 bridgehead atoms. The second-order valence-corrected chi connectivity index (χ2v) is 6.89. The number of hydrogen-bond donors (Lipinski definition) is 3. The summed E-state index contributed by atoms with van der Waals surface area (Å²) in [6, 6.07) is 6.37. The first kappa shape index (κ1) is 26.8. The van der Waals surface area contributed by atoms with Gasteiger partial charge in [0.15, 0.2) is 5.96 Å². The number of likely N-dealkylation sites (tertiary alicyclic amines) is 1. The number of aliphatic imine (C=N–C) groups is 1. The van der Waals surface area contributed by atoms with Crippen LogP contribution >= 0.6 is 24.0 Å². The Morgan fingerprint density at radius 1 is 1.30 bits per heavy atom. The normalized spacial score (nSPS) is 18.2. The highest BCUT2D eigenvalue weighted by Crippen LogP contribution is 2.19. The zero-order chi connectivity index (χ0) is 21.1. The number of hydrogen-bond acceptors (Lipinski definition) is 5. The van der Waals surface area contributed by atoms with Crippen molar-refractivity contribution in [2.24, 2.45) is 4.99 Å². The molecule has 0 spiro atoms. The predicted molar refractivity (Wildman–Crippen MR) is 124 cm³/mol. The van der Waals surface area contributed by atoms with E-state index >= 15 is 0 Å². The zero-order valence-electron chi connectivity index (χ0n) is 17.5. The van der Waals surface area contributed by atoms with Crippen LogP contribution in [0.5, 0.6) is 5.75 Å². The van der Waals surface area contributed by atoms with E-state index in [9.17, 15) is 13.9 Å². The molecule has 172 valence electrons. The Labute approximate surface area is 194 Å². The highest BCUT2D eigenvalue weighted by Gasteiger charge is 2.24. The zero-order valence-corrected chi connectivity index (χ0v) is 19.9. The van der Waals surface area contributed by atoms with Crippen LogP contribution in [-0.2, 0) is 4.74 Å². The molecule has 0 saturated carbocycles. The molecule has 10 heteroatoms.